The maximum Gasteiger partial charge on any atom is 0.308 e. The standard InChI is InChI=1S/C16H28O12/c1-6(2)14(24)25-4-8-9(19)11(21)12(22)15(26-8)28-16(5-18)13(23)10(20)7(3-17)27-16/h6-13,15,17-23H,3-5H2,1-2H3/t7-,8-,9-,10-,11+,12-,13+,15-,16+/m1/s1. The van der Waals surface area contributed by atoms with Crippen molar-refractivity contribution < 1.29 is 59.5 Å². The van der Waals surface area contributed by atoms with Gasteiger partial charge in [-0.1, -0.05) is 13.8 Å². The van der Waals surface area contributed by atoms with Crippen LogP contribution in [0.25, 0.3) is 0 Å². The highest BCUT2D eigenvalue weighted by atomic mass is 16.8. The van der Waals surface area contributed by atoms with Crippen molar-refractivity contribution in [3.05, 3.63) is 0 Å². The van der Waals surface area contributed by atoms with Gasteiger partial charge in [0.15, 0.2) is 6.29 Å². The van der Waals surface area contributed by atoms with Crippen LogP contribution >= 0.6 is 0 Å². The van der Waals surface area contributed by atoms with Gasteiger partial charge < -0.3 is 54.7 Å². The van der Waals surface area contributed by atoms with Crippen molar-refractivity contribution in [2.24, 2.45) is 5.92 Å². The molecule has 2 aliphatic heterocycles. The van der Waals surface area contributed by atoms with Crippen molar-refractivity contribution in [2.75, 3.05) is 19.8 Å². The number of hydrogen-bond acceptors (Lipinski definition) is 12. The first kappa shape index (κ1) is 23.3. The number of carbonyl (C=O) groups is 1. The number of aliphatic hydroxyl groups is 7. The van der Waals surface area contributed by atoms with Crippen LogP contribution in [0.5, 0.6) is 0 Å². The van der Waals surface area contributed by atoms with E-state index in [9.17, 15) is 40.5 Å². The average molecular weight is 412 g/mol. The van der Waals surface area contributed by atoms with Crippen LogP contribution in [0.2, 0.25) is 0 Å². The molecule has 0 saturated carbocycles. The fourth-order valence-electron chi connectivity index (χ4n) is 2.95. The Bertz CT molecular complexity index is 530. The molecule has 0 aliphatic carbocycles. The van der Waals surface area contributed by atoms with Crippen LogP contribution in [0, 0.1) is 5.92 Å². The number of esters is 1. The molecule has 9 atom stereocenters. The lowest BCUT2D eigenvalue weighted by molar-refractivity contribution is -0.383. The van der Waals surface area contributed by atoms with Crippen molar-refractivity contribution in [1.29, 1.82) is 0 Å². The van der Waals surface area contributed by atoms with E-state index in [1.165, 1.54) is 0 Å². The van der Waals surface area contributed by atoms with E-state index in [0.717, 1.165) is 0 Å². The molecular formula is C16H28O12. The zero-order valence-corrected chi connectivity index (χ0v) is 15.5. The monoisotopic (exact) mass is 412 g/mol. The first-order chi connectivity index (χ1) is 13.1. The molecule has 2 saturated heterocycles. The minimum absolute atomic E-state index is 0.445. The molecule has 2 rings (SSSR count). The Morgan fingerprint density at radius 2 is 1.64 bits per heavy atom. The van der Waals surface area contributed by atoms with Crippen molar-refractivity contribution in [1.82, 2.24) is 0 Å². The highest BCUT2D eigenvalue weighted by Crippen LogP contribution is 2.36. The summed E-state index contributed by atoms with van der Waals surface area (Å²) in [7, 11) is 0. The van der Waals surface area contributed by atoms with E-state index in [0.29, 0.717) is 0 Å². The van der Waals surface area contributed by atoms with E-state index in [2.05, 4.69) is 0 Å². The predicted molar refractivity (Wildman–Crippen MR) is 87.4 cm³/mol. The van der Waals surface area contributed by atoms with E-state index in [1.54, 1.807) is 13.8 Å². The van der Waals surface area contributed by atoms with E-state index >= 15 is 0 Å². The van der Waals surface area contributed by atoms with Crippen LogP contribution in [0.4, 0.5) is 0 Å². The molecule has 2 aliphatic rings. The minimum atomic E-state index is -2.26. The maximum absolute atomic E-state index is 11.6. The summed E-state index contributed by atoms with van der Waals surface area (Å²) < 4.78 is 20.9. The first-order valence-corrected chi connectivity index (χ1v) is 8.87. The number of aliphatic hydroxyl groups excluding tert-OH is 7. The predicted octanol–water partition coefficient (Wildman–Crippen LogP) is -4.19. The van der Waals surface area contributed by atoms with Gasteiger partial charge in [-0.15, -0.1) is 0 Å². The van der Waals surface area contributed by atoms with Gasteiger partial charge in [0, 0.05) is 0 Å². The Morgan fingerprint density at radius 3 is 2.14 bits per heavy atom. The third kappa shape index (κ3) is 4.46. The van der Waals surface area contributed by atoms with Crippen molar-refractivity contribution in [2.45, 2.75) is 68.7 Å². The van der Waals surface area contributed by atoms with Gasteiger partial charge in [0.1, 0.15) is 55.9 Å². The summed E-state index contributed by atoms with van der Waals surface area (Å²) >= 11 is 0. The second kappa shape index (κ2) is 9.26. The van der Waals surface area contributed by atoms with Gasteiger partial charge in [0.2, 0.25) is 5.79 Å². The average Bonchev–Trinajstić information content (AvgIpc) is 2.92. The van der Waals surface area contributed by atoms with E-state index in [-0.39, 0.29) is 0 Å². The molecule has 0 aromatic heterocycles. The van der Waals surface area contributed by atoms with Gasteiger partial charge in [0.25, 0.3) is 0 Å². The second-order valence-corrected chi connectivity index (χ2v) is 7.16. The lowest BCUT2D eigenvalue weighted by Gasteiger charge is -2.43. The molecule has 2 heterocycles. The summed E-state index contributed by atoms with van der Waals surface area (Å²) in [6, 6.07) is 0. The molecule has 0 bridgehead atoms. The molecule has 2 fully saturated rings. The minimum Gasteiger partial charge on any atom is -0.463 e. The topological polar surface area (TPSA) is 196 Å². The molecule has 28 heavy (non-hydrogen) atoms. The highest BCUT2D eigenvalue weighted by Gasteiger charge is 2.58. The van der Waals surface area contributed by atoms with Crippen LogP contribution in [0.15, 0.2) is 0 Å². The van der Waals surface area contributed by atoms with Gasteiger partial charge in [-0.25, -0.2) is 0 Å². The smallest absolute Gasteiger partial charge is 0.308 e. The van der Waals surface area contributed by atoms with Gasteiger partial charge in [-0.3, -0.25) is 4.79 Å². The quantitative estimate of drug-likeness (QED) is 0.200. The zero-order chi connectivity index (χ0) is 21.2. The molecule has 0 radical (unpaired) electrons. The third-order valence-corrected chi connectivity index (χ3v) is 4.75. The summed E-state index contributed by atoms with van der Waals surface area (Å²) in [5.41, 5.74) is 0. The van der Waals surface area contributed by atoms with Crippen LogP contribution in [-0.4, -0.2) is 116 Å². The summed E-state index contributed by atoms with van der Waals surface area (Å²) in [5, 5.41) is 69.1. The van der Waals surface area contributed by atoms with Crippen molar-refractivity contribution >= 4 is 5.97 Å². The Kier molecular flexibility index (Phi) is 7.72. The van der Waals surface area contributed by atoms with Crippen LogP contribution < -0.4 is 0 Å². The molecule has 0 spiro atoms. The second-order valence-electron chi connectivity index (χ2n) is 7.16. The molecular weight excluding hydrogens is 384 g/mol. The lowest BCUT2D eigenvalue weighted by atomic mass is 9.99. The maximum atomic E-state index is 11.6. The summed E-state index contributed by atoms with van der Waals surface area (Å²) in [6.45, 7) is 1.06. The van der Waals surface area contributed by atoms with Crippen LogP contribution in [-0.2, 0) is 23.7 Å². The Labute approximate surface area is 160 Å². The molecule has 12 nitrogen and oxygen atoms in total. The summed E-state index contributed by atoms with van der Waals surface area (Å²) in [6.07, 6.45) is -12.9. The van der Waals surface area contributed by atoms with Gasteiger partial charge in [-0.2, -0.15) is 0 Å². The first-order valence-electron chi connectivity index (χ1n) is 8.87. The largest absolute Gasteiger partial charge is 0.463 e. The van der Waals surface area contributed by atoms with Crippen molar-refractivity contribution in [3.8, 4) is 0 Å². The van der Waals surface area contributed by atoms with Gasteiger partial charge in [-0.05, 0) is 0 Å². The fourth-order valence-corrected chi connectivity index (χ4v) is 2.95. The number of ether oxygens (including phenoxy) is 4. The normalized spacial score (nSPS) is 44.1. The van der Waals surface area contributed by atoms with E-state index in [4.69, 9.17) is 18.9 Å². The fraction of sp³-hybridized carbons (Fsp3) is 0.938. The molecule has 0 amide bonds. The Hall–Kier alpha value is -0.930. The number of carbonyl (C=O) groups excluding carboxylic acids is 1. The molecule has 0 aromatic carbocycles. The molecule has 0 unspecified atom stereocenters. The zero-order valence-electron chi connectivity index (χ0n) is 15.5. The molecule has 7 N–H and O–H groups in total. The third-order valence-electron chi connectivity index (χ3n) is 4.75. The molecule has 12 heteroatoms. The lowest BCUT2D eigenvalue weighted by Crippen LogP contribution is -2.62. The Morgan fingerprint density at radius 1 is 1.00 bits per heavy atom. The molecule has 164 valence electrons. The van der Waals surface area contributed by atoms with E-state index < -0.39 is 86.5 Å². The van der Waals surface area contributed by atoms with Crippen LogP contribution in [0.1, 0.15) is 13.8 Å². The number of rotatable bonds is 7. The summed E-state index contributed by atoms with van der Waals surface area (Å²) in [4.78, 5) is 11.6. The summed E-state index contributed by atoms with van der Waals surface area (Å²) in [5.74, 6) is -3.29. The van der Waals surface area contributed by atoms with Gasteiger partial charge >= 0.3 is 5.97 Å². The van der Waals surface area contributed by atoms with Crippen molar-refractivity contribution in [3.63, 3.8) is 0 Å². The van der Waals surface area contributed by atoms with E-state index in [1.807, 2.05) is 0 Å². The van der Waals surface area contributed by atoms with Crippen LogP contribution in [0.3, 0.4) is 0 Å². The number of hydrogen-bond donors (Lipinski definition) is 7. The Balaban J connectivity index is 2.13. The highest BCUT2D eigenvalue weighted by molar-refractivity contribution is 5.71. The van der Waals surface area contributed by atoms with Gasteiger partial charge in [0.05, 0.1) is 12.5 Å². The SMILES string of the molecule is CC(C)C(=O)OC[C@H]1O[C@H](O[C@]2(CO)O[C@H](CO)[C@@H](O)[C@@H]2O)[C@H](O)[C@@H](O)[C@@H]1O. The molecule has 0 aromatic rings.